The zero-order valence-corrected chi connectivity index (χ0v) is 11.5. The topological polar surface area (TPSA) is 101 Å². The Hall–Kier alpha value is -2.11. The summed E-state index contributed by atoms with van der Waals surface area (Å²) in [4.78, 5) is 16.0. The van der Waals surface area contributed by atoms with E-state index in [-0.39, 0.29) is 11.7 Å². The second kappa shape index (κ2) is 6.36. The van der Waals surface area contributed by atoms with Crippen LogP contribution in [0.15, 0.2) is 23.5 Å². The van der Waals surface area contributed by atoms with E-state index in [0.29, 0.717) is 23.7 Å². The van der Waals surface area contributed by atoms with Gasteiger partial charge in [0, 0.05) is 18.3 Å². The van der Waals surface area contributed by atoms with Gasteiger partial charge in [-0.05, 0) is 36.8 Å². The number of amidine groups is 1. The minimum Gasteiger partial charge on any atom is -0.409 e. The van der Waals surface area contributed by atoms with Gasteiger partial charge in [-0.25, -0.2) is 0 Å². The predicted octanol–water partition coefficient (Wildman–Crippen LogP) is 1.34. The van der Waals surface area contributed by atoms with Crippen LogP contribution in [0.4, 0.5) is 0 Å². The molecule has 6 heteroatoms. The zero-order chi connectivity index (χ0) is 14.5. The standard InChI is InChI=1S/C14H20N4O2/c1-9-2-3-10(6-9)7-17-14(19)12-5-4-11(8-16-12)13(15)18-20/h4-5,8-10,20H,2-3,6-7H2,1H3,(H2,15,18)(H,17,19). The van der Waals surface area contributed by atoms with Crippen LogP contribution >= 0.6 is 0 Å². The van der Waals surface area contributed by atoms with Gasteiger partial charge in [-0.1, -0.05) is 18.5 Å². The van der Waals surface area contributed by atoms with Crippen molar-refractivity contribution >= 4 is 11.7 Å². The molecule has 0 aliphatic heterocycles. The molecule has 0 aromatic carbocycles. The largest absolute Gasteiger partial charge is 0.409 e. The summed E-state index contributed by atoms with van der Waals surface area (Å²) in [6.07, 6.45) is 5.02. The van der Waals surface area contributed by atoms with Crippen LogP contribution in [0.2, 0.25) is 0 Å². The Bertz CT molecular complexity index is 498. The first-order chi connectivity index (χ1) is 9.60. The van der Waals surface area contributed by atoms with E-state index in [1.807, 2.05) is 0 Å². The number of oxime groups is 1. The molecule has 0 bridgehead atoms. The number of hydrogen-bond donors (Lipinski definition) is 3. The van der Waals surface area contributed by atoms with E-state index in [4.69, 9.17) is 10.9 Å². The van der Waals surface area contributed by atoms with Crippen LogP contribution in [0.1, 0.15) is 42.2 Å². The third-order valence-electron chi connectivity index (χ3n) is 3.75. The second-order valence-electron chi connectivity index (χ2n) is 5.41. The van der Waals surface area contributed by atoms with E-state index in [0.717, 1.165) is 5.92 Å². The summed E-state index contributed by atoms with van der Waals surface area (Å²) in [5, 5.41) is 14.3. The summed E-state index contributed by atoms with van der Waals surface area (Å²) in [5.74, 6) is 1.13. The molecule has 108 valence electrons. The molecule has 6 nitrogen and oxygen atoms in total. The highest BCUT2D eigenvalue weighted by atomic mass is 16.4. The average Bonchev–Trinajstić information content (AvgIpc) is 2.89. The first kappa shape index (κ1) is 14.3. The molecule has 0 saturated heterocycles. The molecule has 20 heavy (non-hydrogen) atoms. The third kappa shape index (κ3) is 3.46. The van der Waals surface area contributed by atoms with Crippen molar-refractivity contribution in [1.82, 2.24) is 10.3 Å². The Balaban J connectivity index is 1.89. The van der Waals surface area contributed by atoms with Gasteiger partial charge in [0.2, 0.25) is 0 Å². The van der Waals surface area contributed by atoms with Gasteiger partial charge >= 0.3 is 0 Å². The normalized spacial score (nSPS) is 22.8. The lowest BCUT2D eigenvalue weighted by Gasteiger charge is -2.10. The fourth-order valence-corrected chi connectivity index (χ4v) is 2.58. The monoisotopic (exact) mass is 276 g/mol. The van der Waals surface area contributed by atoms with Crippen molar-refractivity contribution in [2.75, 3.05) is 6.54 Å². The van der Waals surface area contributed by atoms with Gasteiger partial charge in [0.15, 0.2) is 5.84 Å². The van der Waals surface area contributed by atoms with Crippen LogP contribution in [0, 0.1) is 11.8 Å². The highest BCUT2D eigenvalue weighted by Gasteiger charge is 2.21. The fraction of sp³-hybridized carbons (Fsp3) is 0.500. The summed E-state index contributed by atoms with van der Waals surface area (Å²) in [6.45, 7) is 2.95. The highest BCUT2D eigenvalue weighted by Crippen LogP contribution is 2.29. The van der Waals surface area contributed by atoms with Crippen LogP contribution in [0.3, 0.4) is 0 Å². The number of pyridine rings is 1. The highest BCUT2D eigenvalue weighted by molar-refractivity contribution is 5.98. The minimum absolute atomic E-state index is 0.0237. The molecule has 1 aliphatic carbocycles. The summed E-state index contributed by atoms with van der Waals surface area (Å²) in [5.41, 5.74) is 6.25. The predicted molar refractivity (Wildman–Crippen MR) is 75.6 cm³/mol. The van der Waals surface area contributed by atoms with Gasteiger partial charge in [0.1, 0.15) is 5.69 Å². The summed E-state index contributed by atoms with van der Waals surface area (Å²) >= 11 is 0. The number of nitrogens with two attached hydrogens (primary N) is 1. The molecule has 1 heterocycles. The van der Waals surface area contributed by atoms with Gasteiger partial charge < -0.3 is 16.3 Å². The maximum Gasteiger partial charge on any atom is 0.269 e. The van der Waals surface area contributed by atoms with Crippen molar-refractivity contribution in [3.8, 4) is 0 Å². The summed E-state index contributed by atoms with van der Waals surface area (Å²) in [6, 6.07) is 3.18. The van der Waals surface area contributed by atoms with Gasteiger partial charge in [-0.15, -0.1) is 0 Å². The molecular formula is C14H20N4O2. The molecule has 0 radical (unpaired) electrons. The van der Waals surface area contributed by atoms with Crippen molar-refractivity contribution in [3.05, 3.63) is 29.6 Å². The van der Waals surface area contributed by atoms with Gasteiger partial charge in [-0.2, -0.15) is 0 Å². The van der Waals surface area contributed by atoms with E-state index in [2.05, 4.69) is 22.4 Å². The van der Waals surface area contributed by atoms with Crippen LogP contribution < -0.4 is 11.1 Å². The lowest BCUT2D eigenvalue weighted by Crippen LogP contribution is -2.29. The van der Waals surface area contributed by atoms with Crippen molar-refractivity contribution in [2.45, 2.75) is 26.2 Å². The number of aromatic nitrogens is 1. The molecule has 0 spiro atoms. The molecule has 1 fully saturated rings. The Labute approximate surface area is 118 Å². The second-order valence-corrected chi connectivity index (χ2v) is 5.41. The first-order valence-corrected chi connectivity index (χ1v) is 6.82. The van der Waals surface area contributed by atoms with Crippen molar-refractivity contribution in [1.29, 1.82) is 0 Å². The summed E-state index contributed by atoms with van der Waals surface area (Å²) in [7, 11) is 0. The Kier molecular flexibility index (Phi) is 4.55. The van der Waals surface area contributed by atoms with Crippen molar-refractivity contribution in [3.63, 3.8) is 0 Å². The van der Waals surface area contributed by atoms with E-state index < -0.39 is 0 Å². The molecule has 1 amide bonds. The molecule has 2 rings (SSSR count). The van der Waals surface area contributed by atoms with Crippen LogP contribution in [0.5, 0.6) is 0 Å². The molecule has 1 aliphatic rings. The van der Waals surface area contributed by atoms with Gasteiger partial charge in [-0.3, -0.25) is 9.78 Å². The lowest BCUT2D eigenvalue weighted by molar-refractivity contribution is 0.0942. The quantitative estimate of drug-likeness (QED) is 0.334. The van der Waals surface area contributed by atoms with Crippen LogP contribution in [0.25, 0.3) is 0 Å². The first-order valence-electron chi connectivity index (χ1n) is 6.82. The van der Waals surface area contributed by atoms with E-state index in [9.17, 15) is 4.79 Å². The van der Waals surface area contributed by atoms with E-state index in [1.165, 1.54) is 25.5 Å². The molecular weight excluding hydrogens is 256 g/mol. The maximum absolute atomic E-state index is 11.9. The third-order valence-corrected chi connectivity index (χ3v) is 3.75. The Morgan fingerprint density at radius 1 is 1.55 bits per heavy atom. The smallest absolute Gasteiger partial charge is 0.269 e. The number of rotatable bonds is 4. The lowest BCUT2D eigenvalue weighted by atomic mass is 10.1. The number of hydrogen-bond acceptors (Lipinski definition) is 4. The fourth-order valence-electron chi connectivity index (χ4n) is 2.58. The maximum atomic E-state index is 11.9. The van der Waals surface area contributed by atoms with Gasteiger partial charge in [0.05, 0.1) is 0 Å². The molecule has 2 unspecified atom stereocenters. The molecule has 2 atom stereocenters. The van der Waals surface area contributed by atoms with Crippen molar-refractivity contribution in [2.24, 2.45) is 22.7 Å². The number of nitrogens with zero attached hydrogens (tertiary/aromatic N) is 2. The Morgan fingerprint density at radius 3 is 2.90 bits per heavy atom. The number of amides is 1. The molecule has 1 saturated carbocycles. The summed E-state index contributed by atoms with van der Waals surface area (Å²) < 4.78 is 0. The van der Waals surface area contributed by atoms with Crippen molar-refractivity contribution < 1.29 is 10.0 Å². The zero-order valence-electron chi connectivity index (χ0n) is 11.5. The van der Waals surface area contributed by atoms with E-state index >= 15 is 0 Å². The molecule has 4 N–H and O–H groups in total. The van der Waals surface area contributed by atoms with Gasteiger partial charge in [0.25, 0.3) is 5.91 Å². The minimum atomic E-state index is -0.185. The van der Waals surface area contributed by atoms with Crippen LogP contribution in [-0.2, 0) is 0 Å². The number of carbonyl (C=O) groups is 1. The average molecular weight is 276 g/mol. The Morgan fingerprint density at radius 2 is 2.35 bits per heavy atom. The van der Waals surface area contributed by atoms with Crippen LogP contribution in [-0.4, -0.2) is 28.5 Å². The SMILES string of the molecule is CC1CCC(CNC(=O)c2ccc(/C(N)=N/O)cn2)C1. The number of carbonyl (C=O) groups excluding carboxylic acids is 1. The number of nitrogens with one attached hydrogen (secondary N) is 1. The molecule has 1 aromatic rings. The molecule has 1 aromatic heterocycles. The van der Waals surface area contributed by atoms with E-state index in [1.54, 1.807) is 12.1 Å².